The van der Waals surface area contributed by atoms with Crippen LogP contribution in [-0.4, -0.2) is 10.2 Å². The number of rotatable bonds is 2. The Hall–Kier alpha value is -0.980. The van der Waals surface area contributed by atoms with Gasteiger partial charge in [-0.2, -0.15) is 0 Å². The molecule has 0 N–H and O–H groups in total. The van der Waals surface area contributed by atoms with Gasteiger partial charge in [0.05, 0.1) is 0 Å². The van der Waals surface area contributed by atoms with Gasteiger partial charge >= 0.3 is 189 Å². The molecule has 0 radical (unpaired) electrons. The van der Waals surface area contributed by atoms with E-state index < -0.39 is 0 Å². The fourth-order valence-corrected chi connectivity index (χ4v) is 6.71. The van der Waals surface area contributed by atoms with Crippen molar-refractivity contribution >= 4 is 24.8 Å². The van der Waals surface area contributed by atoms with E-state index in [1.165, 1.54) is 81.5 Å². The Morgan fingerprint density at radius 3 is 2.36 bits per heavy atom. The van der Waals surface area contributed by atoms with Crippen LogP contribution < -0.4 is 15.6 Å². The molecule has 0 spiro atoms. The van der Waals surface area contributed by atoms with Crippen LogP contribution in [0.3, 0.4) is 0 Å². The van der Waals surface area contributed by atoms with E-state index in [9.17, 15) is 0 Å². The Morgan fingerprint density at radius 2 is 1.64 bits per heavy atom. The summed E-state index contributed by atoms with van der Waals surface area (Å²) < 4.78 is 1.57. The van der Waals surface area contributed by atoms with Gasteiger partial charge in [0, 0.05) is 0 Å². The molecular weight excluding hydrogens is 432 g/mol. The van der Waals surface area contributed by atoms with Gasteiger partial charge in [0.15, 0.2) is 0 Å². The summed E-state index contributed by atoms with van der Waals surface area (Å²) in [5, 5.41) is 4.55. The van der Waals surface area contributed by atoms with Crippen LogP contribution in [-0.2, 0) is 24.7 Å². The Kier molecular flexibility index (Phi) is 5.83. The van der Waals surface area contributed by atoms with Crippen molar-refractivity contribution in [3.63, 3.8) is 0 Å². The summed E-state index contributed by atoms with van der Waals surface area (Å²) in [4.78, 5) is 0. The molecule has 28 heavy (non-hydrogen) atoms. The SMILES string of the molecule is Cc1cc(-c2ccc(C)c3c2=CC(=CC2CCCCC2)[C]=3[Zr])c(C)c(C)c1[SiH3]. The van der Waals surface area contributed by atoms with Crippen LogP contribution in [0, 0.1) is 33.6 Å². The van der Waals surface area contributed by atoms with Crippen molar-refractivity contribution in [2.24, 2.45) is 5.92 Å². The molecule has 2 aromatic carbocycles. The number of hydrogen-bond acceptors (Lipinski definition) is 0. The molecule has 0 atom stereocenters. The van der Waals surface area contributed by atoms with E-state index in [1.807, 2.05) is 0 Å². The molecule has 0 amide bonds. The summed E-state index contributed by atoms with van der Waals surface area (Å²) in [7, 11) is 1.13. The Morgan fingerprint density at radius 1 is 0.929 bits per heavy atom. The van der Waals surface area contributed by atoms with E-state index in [4.69, 9.17) is 0 Å². The second kappa shape index (κ2) is 8.04. The number of allylic oxidation sites excluding steroid dienone is 2. The zero-order valence-electron chi connectivity index (χ0n) is 18.0. The number of hydrogen-bond donors (Lipinski definition) is 0. The second-order valence-electron chi connectivity index (χ2n) is 8.87. The van der Waals surface area contributed by atoms with Crippen molar-refractivity contribution in [3.05, 3.63) is 62.5 Å². The van der Waals surface area contributed by atoms with E-state index >= 15 is 0 Å². The molecule has 0 unspecified atom stereocenters. The minimum atomic E-state index is 0.782. The predicted octanol–water partition coefficient (Wildman–Crippen LogP) is 3.53. The Balaban J connectivity index is 1.93. The van der Waals surface area contributed by atoms with Gasteiger partial charge in [-0.15, -0.1) is 0 Å². The molecule has 2 aliphatic carbocycles. The Bertz CT molecular complexity index is 1100. The fraction of sp³-hybridized carbons (Fsp3) is 0.385. The topological polar surface area (TPSA) is 0 Å². The average molecular weight is 463 g/mol. The zero-order chi connectivity index (χ0) is 20.0. The summed E-state index contributed by atoms with van der Waals surface area (Å²) in [6.45, 7) is 9.19. The van der Waals surface area contributed by atoms with Gasteiger partial charge in [0.2, 0.25) is 0 Å². The van der Waals surface area contributed by atoms with E-state index in [2.05, 4.69) is 58.0 Å². The normalized spacial score (nSPS) is 18.5. The third kappa shape index (κ3) is 3.52. The monoisotopic (exact) mass is 461 g/mol. The first-order chi connectivity index (χ1) is 13.4. The van der Waals surface area contributed by atoms with Crippen molar-refractivity contribution in [3.8, 4) is 11.1 Å². The van der Waals surface area contributed by atoms with E-state index in [0.29, 0.717) is 0 Å². The molecule has 0 heterocycles. The second-order valence-corrected chi connectivity index (χ2v) is 11.1. The van der Waals surface area contributed by atoms with Crippen molar-refractivity contribution in [1.82, 2.24) is 0 Å². The molecule has 2 heteroatoms. The quantitative estimate of drug-likeness (QED) is 0.599. The van der Waals surface area contributed by atoms with Gasteiger partial charge in [0.25, 0.3) is 0 Å². The maximum atomic E-state index is 2.61. The van der Waals surface area contributed by atoms with E-state index in [1.54, 1.807) is 33.2 Å². The first-order valence-corrected chi connectivity index (χ1v) is 13.0. The van der Waals surface area contributed by atoms with Crippen LogP contribution >= 0.6 is 0 Å². The molecule has 143 valence electrons. The summed E-state index contributed by atoms with van der Waals surface area (Å²) in [5.74, 6) is 0.782. The first kappa shape index (κ1) is 20.3. The minimum absolute atomic E-state index is 0.782. The van der Waals surface area contributed by atoms with Crippen molar-refractivity contribution < 1.29 is 24.7 Å². The molecule has 0 bridgehead atoms. The van der Waals surface area contributed by atoms with Gasteiger partial charge in [-0.1, -0.05) is 0 Å². The van der Waals surface area contributed by atoms with Crippen LogP contribution in [0.5, 0.6) is 0 Å². The molecule has 0 aromatic heterocycles. The summed E-state index contributed by atoms with van der Waals surface area (Å²) in [6, 6.07) is 7.15. The van der Waals surface area contributed by atoms with Crippen molar-refractivity contribution in [2.75, 3.05) is 0 Å². The molecule has 1 saturated carbocycles. The summed E-state index contributed by atoms with van der Waals surface area (Å²) in [5.41, 5.74) is 10.2. The van der Waals surface area contributed by atoms with Gasteiger partial charge in [-0.25, -0.2) is 0 Å². The predicted molar refractivity (Wildman–Crippen MR) is 122 cm³/mol. The van der Waals surface area contributed by atoms with Crippen LogP contribution in [0.4, 0.5) is 0 Å². The average Bonchev–Trinajstić information content (AvgIpc) is 3.01. The Labute approximate surface area is 188 Å². The first-order valence-electron chi connectivity index (χ1n) is 10.8. The number of fused-ring (bicyclic) bond motifs is 1. The third-order valence-electron chi connectivity index (χ3n) is 7.13. The van der Waals surface area contributed by atoms with Gasteiger partial charge < -0.3 is 0 Å². The number of aryl methyl sites for hydroxylation is 2. The van der Waals surface area contributed by atoms with Crippen molar-refractivity contribution in [1.29, 1.82) is 0 Å². The molecule has 2 aromatic rings. The number of benzene rings is 2. The molecular formula is C26H31SiZr. The standard InChI is InChI=1S/C26H31Si.Zr/c1-16-10-11-22(24-12-17(2)26(27)19(4)18(24)3)25-15-21(14-23(16)25)13-20-8-6-5-7-9-20;/h10-13,15,20H,5-9H2,1-4,27H3;. The summed E-state index contributed by atoms with van der Waals surface area (Å²) in [6.07, 6.45) is 12.1. The van der Waals surface area contributed by atoms with Gasteiger partial charge in [-0.3, -0.25) is 0 Å². The molecule has 1 fully saturated rings. The van der Waals surface area contributed by atoms with Crippen LogP contribution in [0.2, 0.25) is 0 Å². The summed E-state index contributed by atoms with van der Waals surface area (Å²) >= 11 is 1.54. The van der Waals surface area contributed by atoms with Crippen molar-refractivity contribution in [2.45, 2.75) is 59.8 Å². The molecule has 0 nitrogen and oxygen atoms in total. The van der Waals surface area contributed by atoms with Crippen LogP contribution in [0.15, 0.2) is 29.8 Å². The third-order valence-corrected chi connectivity index (χ3v) is 9.99. The fourth-order valence-electron chi connectivity index (χ4n) is 5.00. The van der Waals surface area contributed by atoms with Gasteiger partial charge in [-0.05, 0) is 0 Å². The zero-order valence-corrected chi connectivity index (χ0v) is 22.5. The van der Waals surface area contributed by atoms with E-state index in [-0.39, 0.29) is 0 Å². The molecule has 0 saturated heterocycles. The van der Waals surface area contributed by atoms with Gasteiger partial charge in [0.1, 0.15) is 0 Å². The molecule has 2 aliphatic rings. The van der Waals surface area contributed by atoms with Crippen LogP contribution in [0.25, 0.3) is 20.5 Å². The molecule has 0 aliphatic heterocycles. The molecule has 4 rings (SSSR count). The maximum absolute atomic E-state index is 2.61. The van der Waals surface area contributed by atoms with E-state index in [0.717, 1.165) is 16.2 Å². The van der Waals surface area contributed by atoms with Crippen LogP contribution in [0.1, 0.15) is 54.4 Å².